The van der Waals surface area contributed by atoms with Gasteiger partial charge in [-0.1, -0.05) is 31.9 Å². The monoisotopic (exact) mass is 256 g/mol. The average Bonchev–Trinajstić information content (AvgIpc) is 2.29. The van der Waals surface area contributed by atoms with Gasteiger partial charge in [-0.2, -0.15) is 0 Å². The smallest absolute Gasteiger partial charge is 0.161 e. The Labute approximate surface area is 109 Å². The SMILES string of the molecule is CCCc1cc(Cl)nc(C(C)(CC)OCC)n1. The summed E-state index contributed by atoms with van der Waals surface area (Å²) in [5, 5.41) is 0.498. The molecule has 0 saturated heterocycles. The lowest BCUT2D eigenvalue weighted by Crippen LogP contribution is -2.28. The quantitative estimate of drug-likeness (QED) is 0.728. The minimum atomic E-state index is -0.442. The van der Waals surface area contributed by atoms with Gasteiger partial charge in [-0.3, -0.25) is 0 Å². The molecule has 1 heterocycles. The Balaban J connectivity index is 3.10. The van der Waals surface area contributed by atoms with Crippen molar-refractivity contribution in [2.45, 2.75) is 52.6 Å². The molecule has 0 aliphatic heterocycles. The van der Waals surface area contributed by atoms with Crippen molar-refractivity contribution in [1.29, 1.82) is 0 Å². The molecule has 0 bridgehead atoms. The lowest BCUT2D eigenvalue weighted by Gasteiger charge is -2.26. The van der Waals surface area contributed by atoms with E-state index >= 15 is 0 Å². The van der Waals surface area contributed by atoms with Gasteiger partial charge >= 0.3 is 0 Å². The fraction of sp³-hybridized carbons (Fsp3) is 0.692. The number of nitrogens with zero attached hydrogens (tertiary/aromatic N) is 2. The van der Waals surface area contributed by atoms with Gasteiger partial charge in [0.05, 0.1) is 0 Å². The van der Waals surface area contributed by atoms with E-state index in [4.69, 9.17) is 16.3 Å². The van der Waals surface area contributed by atoms with Gasteiger partial charge in [0.2, 0.25) is 0 Å². The number of aromatic nitrogens is 2. The standard InChI is InChI=1S/C13H21ClN2O/c1-5-8-10-9-11(14)16-12(15-10)13(4,6-2)17-7-3/h9H,5-8H2,1-4H3. The van der Waals surface area contributed by atoms with Crippen LogP contribution in [-0.2, 0) is 16.8 Å². The third-order valence-corrected chi connectivity index (χ3v) is 3.06. The molecule has 1 aromatic heterocycles. The number of aryl methyl sites for hydroxylation is 1. The maximum atomic E-state index is 6.04. The van der Waals surface area contributed by atoms with Gasteiger partial charge < -0.3 is 4.74 Å². The van der Waals surface area contributed by atoms with E-state index in [1.54, 1.807) is 0 Å². The van der Waals surface area contributed by atoms with Crippen molar-refractivity contribution < 1.29 is 4.74 Å². The molecule has 96 valence electrons. The highest BCUT2D eigenvalue weighted by atomic mass is 35.5. The first-order valence-corrected chi connectivity index (χ1v) is 6.61. The van der Waals surface area contributed by atoms with E-state index in [1.165, 1.54) is 0 Å². The van der Waals surface area contributed by atoms with Gasteiger partial charge in [0.15, 0.2) is 5.82 Å². The number of hydrogen-bond acceptors (Lipinski definition) is 3. The van der Waals surface area contributed by atoms with Crippen LogP contribution in [-0.4, -0.2) is 16.6 Å². The van der Waals surface area contributed by atoms with Crippen molar-refractivity contribution in [2.24, 2.45) is 0 Å². The first-order chi connectivity index (χ1) is 8.05. The summed E-state index contributed by atoms with van der Waals surface area (Å²) in [6, 6.07) is 1.83. The van der Waals surface area contributed by atoms with Gasteiger partial charge in [-0.05, 0) is 32.8 Å². The van der Waals surface area contributed by atoms with Crippen LogP contribution in [0.1, 0.15) is 52.1 Å². The zero-order valence-electron chi connectivity index (χ0n) is 11.1. The molecule has 1 unspecified atom stereocenters. The maximum Gasteiger partial charge on any atom is 0.161 e. The van der Waals surface area contributed by atoms with E-state index in [1.807, 2.05) is 19.9 Å². The predicted octanol–water partition coefficient (Wildman–Crippen LogP) is 3.74. The molecular weight excluding hydrogens is 236 g/mol. The van der Waals surface area contributed by atoms with Gasteiger partial charge in [0, 0.05) is 12.3 Å². The molecule has 0 saturated carbocycles. The lowest BCUT2D eigenvalue weighted by atomic mass is 10.0. The molecular formula is C13H21ClN2O. The number of halogens is 1. The summed E-state index contributed by atoms with van der Waals surface area (Å²) in [5.41, 5.74) is 0.546. The molecule has 0 radical (unpaired) electrons. The molecule has 0 spiro atoms. The summed E-state index contributed by atoms with van der Waals surface area (Å²) in [6.07, 6.45) is 2.79. The fourth-order valence-corrected chi connectivity index (χ4v) is 1.93. The molecule has 1 atom stereocenters. The van der Waals surface area contributed by atoms with Crippen molar-refractivity contribution in [3.8, 4) is 0 Å². The first-order valence-electron chi connectivity index (χ1n) is 6.23. The van der Waals surface area contributed by atoms with Gasteiger partial charge in [-0.15, -0.1) is 0 Å². The highest BCUT2D eigenvalue weighted by Crippen LogP contribution is 2.27. The summed E-state index contributed by atoms with van der Waals surface area (Å²) >= 11 is 6.04. The molecule has 0 N–H and O–H groups in total. The Morgan fingerprint density at radius 3 is 2.53 bits per heavy atom. The molecule has 0 fully saturated rings. The predicted molar refractivity (Wildman–Crippen MR) is 70.3 cm³/mol. The Hall–Kier alpha value is -0.670. The van der Waals surface area contributed by atoms with Gasteiger partial charge in [0.1, 0.15) is 10.8 Å². The lowest BCUT2D eigenvalue weighted by molar-refractivity contribution is -0.0391. The molecule has 1 rings (SSSR count). The van der Waals surface area contributed by atoms with Crippen LogP contribution >= 0.6 is 11.6 Å². The number of rotatable bonds is 6. The van der Waals surface area contributed by atoms with Crippen LogP contribution in [0.25, 0.3) is 0 Å². The minimum absolute atomic E-state index is 0.442. The van der Waals surface area contributed by atoms with Crippen LogP contribution in [0.15, 0.2) is 6.07 Å². The second-order valence-electron chi connectivity index (χ2n) is 4.27. The Kier molecular flexibility index (Phi) is 5.34. The summed E-state index contributed by atoms with van der Waals surface area (Å²) < 4.78 is 5.77. The van der Waals surface area contributed by atoms with E-state index in [0.29, 0.717) is 17.6 Å². The molecule has 0 amide bonds. The molecule has 0 aliphatic rings. The maximum absolute atomic E-state index is 6.04. The van der Waals surface area contributed by atoms with Gasteiger partial charge in [0.25, 0.3) is 0 Å². The van der Waals surface area contributed by atoms with Crippen LogP contribution < -0.4 is 0 Å². The Morgan fingerprint density at radius 1 is 1.29 bits per heavy atom. The van der Waals surface area contributed by atoms with E-state index in [-0.39, 0.29) is 0 Å². The third kappa shape index (κ3) is 3.65. The first kappa shape index (κ1) is 14.4. The van der Waals surface area contributed by atoms with Gasteiger partial charge in [-0.25, -0.2) is 9.97 Å². The van der Waals surface area contributed by atoms with Crippen molar-refractivity contribution >= 4 is 11.6 Å². The number of ether oxygens (including phenoxy) is 1. The van der Waals surface area contributed by atoms with E-state index in [0.717, 1.165) is 25.0 Å². The Bertz CT molecular complexity index is 370. The van der Waals surface area contributed by atoms with Crippen LogP contribution in [0.3, 0.4) is 0 Å². The van der Waals surface area contributed by atoms with Crippen LogP contribution in [0.4, 0.5) is 0 Å². The summed E-state index contributed by atoms with van der Waals surface area (Å²) in [6.45, 7) is 8.82. The molecule has 4 heteroatoms. The topological polar surface area (TPSA) is 35.0 Å². The van der Waals surface area contributed by atoms with Crippen molar-refractivity contribution in [3.63, 3.8) is 0 Å². The van der Waals surface area contributed by atoms with Crippen molar-refractivity contribution in [1.82, 2.24) is 9.97 Å². The van der Waals surface area contributed by atoms with Crippen LogP contribution in [0.2, 0.25) is 5.15 Å². The highest BCUT2D eigenvalue weighted by Gasteiger charge is 2.29. The second kappa shape index (κ2) is 6.31. The zero-order chi connectivity index (χ0) is 12.9. The summed E-state index contributed by atoms with van der Waals surface area (Å²) in [5.74, 6) is 0.692. The molecule has 1 aromatic rings. The molecule has 0 aromatic carbocycles. The van der Waals surface area contributed by atoms with E-state index in [2.05, 4.69) is 23.8 Å². The van der Waals surface area contributed by atoms with Crippen molar-refractivity contribution in [2.75, 3.05) is 6.61 Å². The third-order valence-electron chi connectivity index (χ3n) is 2.86. The Morgan fingerprint density at radius 2 is 2.00 bits per heavy atom. The van der Waals surface area contributed by atoms with E-state index < -0.39 is 5.60 Å². The van der Waals surface area contributed by atoms with Crippen LogP contribution in [0.5, 0.6) is 0 Å². The summed E-state index contributed by atoms with van der Waals surface area (Å²) in [4.78, 5) is 8.87. The second-order valence-corrected chi connectivity index (χ2v) is 4.66. The minimum Gasteiger partial charge on any atom is -0.368 e. The molecule has 17 heavy (non-hydrogen) atoms. The highest BCUT2D eigenvalue weighted by molar-refractivity contribution is 6.29. The zero-order valence-corrected chi connectivity index (χ0v) is 11.8. The van der Waals surface area contributed by atoms with Crippen LogP contribution in [0, 0.1) is 0 Å². The summed E-state index contributed by atoms with van der Waals surface area (Å²) in [7, 11) is 0. The molecule has 3 nitrogen and oxygen atoms in total. The fourth-order valence-electron chi connectivity index (χ4n) is 1.73. The normalized spacial score (nSPS) is 14.6. The largest absolute Gasteiger partial charge is 0.368 e. The number of hydrogen-bond donors (Lipinski definition) is 0. The average molecular weight is 257 g/mol. The van der Waals surface area contributed by atoms with Crippen molar-refractivity contribution in [3.05, 3.63) is 22.7 Å². The van der Waals surface area contributed by atoms with E-state index in [9.17, 15) is 0 Å². The molecule has 0 aliphatic carbocycles.